The first kappa shape index (κ1) is 9.08. The van der Waals surface area contributed by atoms with Crippen molar-refractivity contribution in [3.05, 3.63) is 33.8 Å². The Morgan fingerprint density at radius 2 is 2.00 bits per heavy atom. The van der Waals surface area contributed by atoms with Gasteiger partial charge in [0.15, 0.2) is 0 Å². The van der Waals surface area contributed by atoms with Gasteiger partial charge in [0.2, 0.25) is 0 Å². The van der Waals surface area contributed by atoms with Crippen LogP contribution in [0.5, 0.6) is 0 Å². The monoisotopic (exact) mass is 194 g/mol. The van der Waals surface area contributed by atoms with Gasteiger partial charge in [-0.2, -0.15) is 0 Å². The molecule has 0 saturated heterocycles. The summed E-state index contributed by atoms with van der Waals surface area (Å²) < 4.78 is 0. The van der Waals surface area contributed by atoms with Gasteiger partial charge in [-0.05, 0) is 41.9 Å². The highest BCUT2D eigenvalue weighted by molar-refractivity contribution is 6.32. The van der Waals surface area contributed by atoms with Crippen molar-refractivity contribution in [1.82, 2.24) is 0 Å². The molecule has 70 valence electrons. The standard InChI is InChI=1S/C12H15Cl/c1-8(2)10-7-6-9-4-3-5-11(9)12(10)13/h6-8H,3-5H2,1-2H3. The minimum Gasteiger partial charge on any atom is -0.0837 e. The highest BCUT2D eigenvalue weighted by Gasteiger charge is 2.17. The summed E-state index contributed by atoms with van der Waals surface area (Å²) in [6, 6.07) is 4.45. The molecule has 0 N–H and O–H groups in total. The average molecular weight is 195 g/mol. The van der Waals surface area contributed by atoms with Crippen molar-refractivity contribution in [3.63, 3.8) is 0 Å². The molecule has 1 aliphatic carbocycles. The third kappa shape index (κ3) is 1.48. The predicted octanol–water partition coefficient (Wildman–Crippen LogP) is 3.95. The zero-order valence-electron chi connectivity index (χ0n) is 8.23. The van der Waals surface area contributed by atoms with Crippen LogP contribution in [0.25, 0.3) is 0 Å². The van der Waals surface area contributed by atoms with E-state index in [4.69, 9.17) is 11.6 Å². The molecule has 2 rings (SSSR count). The van der Waals surface area contributed by atoms with Crippen molar-refractivity contribution >= 4 is 11.6 Å². The minimum absolute atomic E-state index is 0.540. The summed E-state index contributed by atoms with van der Waals surface area (Å²) >= 11 is 6.35. The second-order valence-corrected chi connectivity index (χ2v) is 4.49. The molecule has 0 amide bonds. The molecule has 0 fully saturated rings. The summed E-state index contributed by atoms with van der Waals surface area (Å²) in [6.07, 6.45) is 3.67. The van der Waals surface area contributed by atoms with E-state index in [0.29, 0.717) is 5.92 Å². The van der Waals surface area contributed by atoms with Crippen LogP contribution in [0.3, 0.4) is 0 Å². The maximum absolute atomic E-state index is 6.35. The quantitative estimate of drug-likeness (QED) is 0.635. The fraction of sp³-hybridized carbons (Fsp3) is 0.500. The summed E-state index contributed by atoms with van der Waals surface area (Å²) in [5, 5.41) is 1.03. The molecule has 0 unspecified atom stereocenters. The van der Waals surface area contributed by atoms with E-state index >= 15 is 0 Å². The molecular weight excluding hydrogens is 180 g/mol. The molecule has 1 aliphatic rings. The lowest BCUT2D eigenvalue weighted by Gasteiger charge is -2.11. The summed E-state index contributed by atoms with van der Waals surface area (Å²) in [5.41, 5.74) is 4.18. The summed E-state index contributed by atoms with van der Waals surface area (Å²) in [4.78, 5) is 0. The molecule has 0 spiro atoms. The molecule has 0 heterocycles. The number of aryl methyl sites for hydroxylation is 1. The van der Waals surface area contributed by atoms with E-state index in [2.05, 4.69) is 26.0 Å². The minimum atomic E-state index is 0.540. The van der Waals surface area contributed by atoms with Crippen LogP contribution in [0.2, 0.25) is 5.02 Å². The second-order valence-electron chi connectivity index (χ2n) is 4.11. The Morgan fingerprint density at radius 3 is 2.69 bits per heavy atom. The number of fused-ring (bicyclic) bond motifs is 1. The predicted molar refractivity (Wildman–Crippen MR) is 57.6 cm³/mol. The maximum atomic E-state index is 6.35. The van der Waals surface area contributed by atoms with Crippen molar-refractivity contribution in [2.24, 2.45) is 0 Å². The topological polar surface area (TPSA) is 0 Å². The van der Waals surface area contributed by atoms with Gasteiger partial charge < -0.3 is 0 Å². The van der Waals surface area contributed by atoms with E-state index in [1.165, 1.54) is 36.0 Å². The Bertz CT molecular complexity index is 326. The first-order valence-electron chi connectivity index (χ1n) is 5.00. The zero-order chi connectivity index (χ0) is 9.42. The molecule has 13 heavy (non-hydrogen) atoms. The zero-order valence-corrected chi connectivity index (χ0v) is 8.99. The molecule has 1 aromatic rings. The van der Waals surface area contributed by atoms with E-state index in [9.17, 15) is 0 Å². The number of hydrogen-bond donors (Lipinski definition) is 0. The van der Waals surface area contributed by atoms with E-state index in [0.717, 1.165) is 5.02 Å². The molecule has 0 aliphatic heterocycles. The summed E-state index contributed by atoms with van der Waals surface area (Å²) in [5.74, 6) is 0.540. The van der Waals surface area contributed by atoms with Gasteiger partial charge in [0.05, 0.1) is 0 Å². The summed E-state index contributed by atoms with van der Waals surface area (Å²) in [7, 11) is 0. The van der Waals surface area contributed by atoms with Crippen LogP contribution in [0, 0.1) is 0 Å². The van der Waals surface area contributed by atoms with Crippen molar-refractivity contribution in [2.45, 2.75) is 39.0 Å². The van der Waals surface area contributed by atoms with Crippen LogP contribution in [0.4, 0.5) is 0 Å². The van der Waals surface area contributed by atoms with E-state index in [-0.39, 0.29) is 0 Å². The number of benzene rings is 1. The summed E-state index contributed by atoms with van der Waals surface area (Å²) in [6.45, 7) is 4.39. The van der Waals surface area contributed by atoms with Crippen molar-refractivity contribution < 1.29 is 0 Å². The van der Waals surface area contributed by atoms with E-state index < -0.39 is 0 Å². The smallest absolute Gasteiger partial charge is 0.0475 e. The third-order valence-corrected chi connectivity index (χ3v) is 3.31. The molecule has 0 radical (unpaired) electrons. The normalized spacial score (nSPS) is 15.1. The lowest BCUT2D eigenvalue weighted by atomic mass is 9.98. The van der Waals surface area contributed by atoms with Gasteiger partial charge in [-0.3, -0.25) is 0 Å². The fourth-order valence-corrected chi connectivity index (χ4v) is 2.58. The van der Waals surface area contributed by atoms with Crippen LogP contribution < -0.4 is 0 Å². The molecule has 1 heteroatoms. The average Bonchev–Trinajstić information content (AvgIpc) is 2.52. The molecule has 0 saturated carbocycles. The van der Waals surface area contributed by atoms with Crippen molar-refractivity contribution in [2.75, 3.05) is 0 Å². The second kappa shape index (κ2) is 3.34. The van der Waals surface area contributed by atoms with Crippen LogP contribution in [0.15, 0.2) is 12.1 Å². The Kier molecular flexibility index (Phi) is 2.33. The number of halogens is 1. The van der Waals surface area contributed by atoms with Crippen molar-refractivity contribution in [3.8, 4) is 0 Å². The lowest BCUT2D eigenvalue weighted by Crippen LogP contribution is -1.93. The largest absolute Gasteiger partial charge is 0.0837 e. The molecular formula is C12H15Cl. The first-order valence-corrected chi connectivity index (χ1v) is 5.38. The van der Waals surface area contributed by atoms with Gasteiger partial charge in [0.1, 0.15) is 0 Å². The molecule has 0 atom stereocenters. The fourth-order valence-electron chi connectivity index (χ4n) is 2.09. The van der Waals surface area contributed by atoms with Crippen LogP contribution in [-0.4, -0.2) is 0 Å². The van der Waals surface area contributed by atoms with Gasteiger partial charge in [-0.1, -0.05) is 37.6 Å². The van der Waals surface area contributed by atoms with Crippen LogP contribution >= 0.6 is 11.6 Å². The van der Waals surface area contributed by atoms with E-state index in [1.54, 1.807) is 0 Å². The molecule has 0 bridgehead atoms. The lowest BCUT2D eigenvalue weighted by molar-refractivity contribution is 0.862. The van der Waals surface area contributed by atoms with Gasteiger partial charge in [0, 0.05) is 5.02 Å². The van der Waals surface area contributed by atoms with Gasteiger partial charge in [-0.25, -0.2) is 0 Å². The van der Waals surface area contributed by atoms with Crippen LogP contribution in [0.1, 0.15) is 42.9 Å². The number of rotatable bonds is 1. The van der Waals surface area contributed by atoms with Crippen molar-refractivity contribution in [1.29, 1.82) is 0 Å². The van der Waals surface area contributed by atoms with Gasteiger partial charge in [0.25, 0.3) is 0 Å². The molecule has 0 nitrogen and oxygen atoms in total. The Hall–Kier alpha value is -0.490. The highest BCUT2D eigenvalue weighted by Crippen LogP contribution is 2.34. The van der Waals surface area contributed by atoms with Crippen LogP contribution in [-0.2, 0) is 12.8 Å². The third-order valence-electron chi connectivity index (χ3n) is 2.86. The Morgan fingerprint density at radius 1 is 1.23 bits per heavy atom. The molecule has 0 aromatic heterocycles. The molecule has 1 aromatic carbocycles. The van der Waals surface area contributed by atoms with E-state index in [1.807, 2.05) is 0 Å². The first-order chi connectivity index (χ1) is 6.20. The van der Waals surface area contributed by atoms with Gasteiger partial charge in [-0.15, -0.1) is 0 Å². The SMILES string of the molecule is CC(C)c1ccc2c(c1Cl)CCC2. The number of hydrogen-bond acceptors (Lipinski definition) is 0. The Labute approximate surface area is 84.9 Å². The highest BCUT2D eigenvalue weighted by atomic mass is 35.5. The maximum Gasteiger partial charge on any atom is 0.0475 e. The Balaban J connectivity index is 2.52. The van der Waals surface area contributed by atoms with Gasteiger partial charge >= 0.3 is 0 Å².